The van der Waals surface area contributed by atoms with Gasteiger partial charge in [0.1, 0.15) is 0 Å². The first-order valence-corrected chi connectivity index (χ1v) is 6.95. The molecule has 1 aromatic heterocycles. The predicted molar refractivity (Wildman–Crippen MR) is 80.0 cm³/mol. The van der Waals surface area contributed by atoms with Crippen molar-refractivity contribution in [1.82, 2.24) is 10.6 Å². The van der Waals surface area contributed by atoms with Crippen molar-refractivity contribution in [1.29, 1.82) is 0 Å². The van der Waals surface area contributed by atoms with Crippen molar-refractivity contribution in [3.8, 4) is 0 Å². The van der Waals surface area contributed by atoms with E-state index < -0.39 is 17.9 Å². The standard InChI is InChI=1S/C15H15ClN2O4/c16-12-4-2-1-3-10(12)7-17-14(20)15(21)18-8-13(19)11-5-6-22-9-11/h1-6,9,13,19H,7-8H2,(H,17,20)(H,18,21)/t13-/m0/s1. The molecule has 7 heteroatoms. The van der Waals surface area contributed by atoms with E-state index in [1.54, 1.807) is 30.3 Å². The lowest BCUT2D eigenvalue weighted by Gasteiger charge is -2.10. The fourth-order valence-corrected chi connectivity index (χ4v) is 1.95. The number of hydrogen-bond donors (Lipinski definition) is 3. The van der Waals surface area contributed by atoms with Gasteiger partial charge in [-0.15, -0.1) is 0 Å². The molecule has 0 spiro atoms. The van der Waals surface area contributed by atoms with Gasteiger partial charge in [-0.05, 0) is 17.7 Å². The van der Waals surface area contributed by atoms with Crippen molar-refractivity contribution in [2.75, 3.05) is 6.54 Å². The fourth-order valence-electron chi connectivity index (χ4n) is 1.75. The maximum absolute atomic E-state index is 11.7. The fraction of sp³-hybridized carbons (Fsp3) is 0.200. The minimum atomic E-state index is -0.931. The Morgan fingerprint density at radius 2 is 1.91 bits per heavy atom. The summed E-state index contributed by atoms with van der Waals surface area (Å²) >= 11 is 5.95. The van der Waals surface area contributed by atoms with Gasteiger partial charge in [-0.25, -0.2) is 0 Å². The van der Waals surface area contributed by atoms with E-state index in [9.17, 15) is 14.7 Å². The third-order valence-corrected chi connectivity index (χ3v) is 3.36. The van der Waals surface area contributed by atoms with Crippen LogP contribution in [0, 0.1) is 0 Å². The molecule has 0 bridgehead atoms. The van der Waals surface area contributed by atoms with Crippen LogP contribution in [-0.4, -0.2) is 23.5 Å². The van der Waals surface area contributed by atoms with Crippen molar-refractivity contribution in [2.24, 2.45) is 0 Å². The van der Waals surface area contributed by atoms with Gasteiger partial charge in [-0.2, -0.15) is 0 Å². The molecule has 2 amide bonds. The summed E-state index contributed by atoms with van der Waals surface area (Å²) in [5, 5.41) is 15.1. The highest BCUT2D eigenvalue weighted by Gasteiger charge is 2.16. The third kappa shape index (κ3) is 4.34. The Morgan fingerprint density at radius 3 is 2.59 bits per heavy atom. The third-order valence-electron chi connectivity index (χ3n) is 2.99. The van der Waals surface area contributed by atoms with E-state index in [0.717, 1.165) is 0 Å². The lowest BCUT2D eigenvalue weighted by Crippen LogP contribution is -2.41. The average molecular weight is 323 g/mol. The summed E-state index contributed by atoms with van der Waals surface area (Å²) in [5.41, 5.74) is 1.24. The lowest BCUT2D eigenvalue weighted by atomic mass is 10.2. The van der Waals surface area contributed by atoms with E-state index in [0.29, 0.717) is 16.1 Å². The lowest BCUT2D eigenvalue weighted by molar-refractivity contribution is -0.139. The number of nitrogens with one attached hydrogen (secondary N) is 2. The number of carbonyl (C=O) groups is 2. The van der Waals surface area contributed by atoms with Crippen LogP contribution in [0.4, 0.5) is 0 Å². The first kappa shape index (κ1) is 16.1. The van der Waals surface area contributed by atoms with E-state index in [-0.39, 0.29) is 13.1 Å². The monoisotopic (exact) mass is 322 g/mol. The van der Waals surface area contributed by atoms with Gasteiger partial charge in [0.05, 0.1) is 18.6 Å². The van der Waals surface area contributed by atoms with Crippen molar-refractivity contribution in [2.45, 2.75) is 12.6 Å². The smallest absolute Gasteiger partial charge is 0.309 e. The summed E-state index contributed by atoms with van der Waals surface area (Å²) < 4.78 is 4.82. The molecule has 0 saturated heterocycles. The van der Waals surface area contributed by atoms with E-state index >= 15 is 0 Å². The highest BCUT2D eigenvalue weighted by atomic mass is 35.5. The molecule has 3 N–H and O–H groups in total. The summed E-state index contributed by atoms with van der Waals surface area (Å²) in [7, 11) is 0. The van der Waals surface area contributed by atoms with E-state index in [4.69, 9.17) is 16.0 Å². The molecule has 1 atom stereocenters. The van der Waals surface area contributed by atoms with Crippen molar-refractivity contribution in [3.63, 3.8) is 0 Å². The first-order valence-electron chi connectivity index (χ1n) is 6.57. The summed E-state index contributed by atoms with van der Waals surface area (Å²) in [6, 6.07) is 8.59. The number of furan rings is 1. The summed E-state index contributed by atoms with van der Waals surface area (Å²) in [6.45, 7) is 0.0636. The molecule has 0 saturated carbocycles. The van der Waals surface area contributed by atoms with Gasteiger partial charge in [0, 0.05) is 23.7 Å². The van der Waals surface area contributed by atoms with Crippen molar-refractivity contribution < 1.29 is 19.1 Å². The van der Waals surface area contributed by atoms with E-state index in [1.807, 2.05) is 0 Å². The molecule has 0 aliphatic rings. The Kier molecular flexibility index (Phi) is 5.57. The summed E-state index contributed by atoms with van der Waals surface area (Å²) in [6.07, 6.45) is 1.85. The number of rotatable bonds is 5. The number of aliphatic hydroxyl groups excluding tert-OH is 1. The molecule has 6 nitrogen and oxygen atoms in total. The number of aliphatic hydroxyl groups is 1. The second-order valence-electron chi connectivity index (χ2n) is 4.56. The van der Waals surface area contributed by atoms with Crippen LogP contribution in [0.3, 0.4) is 0 Å². The van der Waals surface area contributed by atoms with Gasteiger partial charge in [0.15, 0.2) is 0 Å². The van der Waals surface area contributed by atoms with E-state index in [2.05, 4.69) is 10.6 Å². The zero-order chi connectivity index (χ0) is 15.9. The topological polar surface area (TPSA) is 91.6 Å². The Balaban J connectivity index is 1.78. The number of benzene rings is 1. The van der Waals surface area contributed by atoms with Crippen molar-refractivity contribution >= 4 is 23.4 Å². The molecule has 2 rings (SSSR count). The molecule has 116 valence electrons. The Morgan fingerprint density at radius 1 is 1.18 bits per heavy atom. The van der Waals surface area contributed by atoms with Gasteiger partial charge in [0.2, 0.25) is 0 Å². The van der Waals surface area contributed by atoms with Crippen LogP contribution in [0.25, 0.3) is 0 Å². The zero-order valence-electron chi connectivity index (χ0n) is 11.6. The minimum absolute atomic E-state index is 0.0854. The van der Waals surface area contributed by atoms with Crippen LogP contribution in [0.5, 0.6) is 0 Å². The maximum atomic E-state index is 11.7. The van der Waals surface area contributed by atoms with Gasteiger partial charge >= 0.3 is 11.8 Å². The number of halogens is 1. The highest BCUT2D eigenvalue weighted by molar-refractivity contribution is 6.35. The minimum Gasteiger partial charge on any atom is -0.472 e. The van der Waals surface area contributed by atoms with Crippen LogP contribution in [0.15, 0.2) is 47.3 Å². The first-order chi connectivity index (χ1) is 10.6. The normalized spacial score (nSPS) is 11.7. The average Bonchev–Trinajstić information content (AvgIpc) is 3.05. The molecule has 22 heavy (non-hydrogen) atoms. The molecule has 0 radical (unpaired) electrons. The molecule has 2 aromatic rings. The summed E-state index contributed by atoms with van der Waals surface area (Å²) in [5.74, 6) is -1.62. The molecule has 0 aliphatic carbocycles. The highest BCUT2D eigenvalue weighted by Crippen LogP contribution is 2.14. The van der Waals surface area contributed by atoms with Crippen LogP contribution in [0.1, 0.15) is 17.2 Å². The largest absolute Gasteiger partial charge is 0.472 e. The van der Waals surface area contributed by atoms with Gasteiger partial charge in [0.25, 0.3) is 0 Å². The van der Waals surface area contributed by atoms with Crippen LogP contribution >= 0.6 is 11.6 Å². The number of carbonyl (C=O) groups excluding carboxylic acids is 2. The predicted octanol–water partition coefficient (Wildman–Crippen LogP) is 1.40. The van der Waals surface area contributed by atoms with Crippen LogP contribution in [-0.2, 0) is 16.1 Å². The maximum Gasteiger partial charge on any atom is 0.309 e. The zero-order valence-corrected chi connectivity index (χ0v) is 12.3. The second-order valence-corrected chi connectivity index (χ2v) is 4.96. The van der Waals surface area contributed by atoms with E-state index in [1.165, 1.54) is 12.5 Å². The quantitative estimate of drug-likeness (QED) is 0.726. The molecule has 0 aliphatic heterocycles. The molecule has 1 heterocycles. The molecular weight excluding hydrogens is 308 g/mol. The van der Waals surface area contributed by atoms with Gasteiger partial charge in [-0.3, -0.25) is 9.59 Å². The molecular formula is C15H15ClN2O4. The Hall–Kier alpha value is -2.31. The van der Waals surface area contributed by atoms with Crippen LogP contribution in [0.2, 0.25) is 5.02 Å². The molecule has 0 unspecified atom stereocenters. The van der Waals surface area contributed by atoms with Gasteiger partial charge in [-0.1, -0.05) is 29.8 Å². The van der Waals surface area contributed by atoms with Crippen LogP contribution < -0.4 is 10.6 Å². The number of hydrogen-bond acceptors (Lipinski definition) is 4. The second kappa shape index (κ2) is 7.63. The number of amides is 2. The van der Waals surface area contributed by atoms with Gasteiger partial charge < -0.3 is 20.2 Å². The Bertz CT molecular complexity index is 643. The molecule has 0 fully saturated rings. The summed E-state index contributed by atoms with van der Waals surface area (Å²) in [4.78, 5) is 23.3. The van der Waals surface area contributed by atoms with Crippen molar-refractivity contribution in [3.05, 3.63) is 59.0 Å². The molecule has 1 aromatic carbocycles. The Labute approximate surface area is 132 Å². The SMILES string of the molecule is O=C(NCc1ccccc1Cl)C(=O)NC[C@H](O)c1ccoc1.